The number of hydrogen-bond acceptors (Lipinski definition) is 7. The van der Waals surface area contributed by atoms with Crippen LogP contribution >= 0.6 is 22.9 Å². The number of sulfonamides is 1. The van der Waals surface area contributed by atoms with Crippen molar-refractivity contribution in [3.8, 4) is 0 Å². The maximum absolute atomic E-state index is 12.7. The van der Waals surface area contributed by atoms with Crippen LogP contribution in [0.2, 0.25) is 5.02 Å². The fourth-order valence-electron chi connectivity index (χ4n) is 2.53. The first-order valence-electron chi connectivity index (χ1n) is 8.03. The number of anilines is 1. The summed E-state index contributed by atoms with van der Waals surface area (Å²) in [5.74, 6) is -0.404. The number of nitrogens with one attached hydrogen (secondary N) is 1. The van der Waals surface area contributed by atoms with Gasteiger partial charge in [-0.3, -0.25) is 10.1 Å². The van der Waals surface area contributed by atoms with Gasteiger partial charge in [-0.2, -0.15) is 4.31 Å². The summed E-state index contributed by atoms with van der Waals surface area (Å²) in [4.78, 5) is 14.4. The number of carbonyl (C=O) groups is 1. The lowest BCUT2D eigenvalue weighted by Gasteiger charge is -2.32. The molecule has 3 rings (SSSR count). The normalized spacial score (nSPS) is 16.5. The molecule has 1 amide bonds. The lowest BCUT2D eigenvalue weighted by atomic mass is 10.2. The van der Waals surface area contributed by atoms with E-state index in [9.17, 15) is 13.2 Å². The average Bonchev–Trinajstić information content (AvgIpc) is 3.11. The Balaban J connectivity index is 1.69. The molecule has 1 aliphatic rings. The van der Waals surface area contributed by atoms with Crippen LogP contribution in [0.25, 0.3) is 0 Å². The Bertz CT molecular complexity index is 877. The Labute approximate surface area is 160 Å². The van der Waals surface area contributed by atoms with Crippen molar-refractivity contribution in [2.45, 2.75) is 11.3 Å². The van der Waals surface area contributed by atoms with Crippen molar-refractivity contribution in [1.29, 1.82) is 0 Å². The summed E-state index contributed by atoms with van der Waals surface area (Å²) in [6.45, 7) is 5.16. The number of carbonyl (C=O) groups excluding carboxylic acids is 1. The van der Waals surface area contributed by atoms with E-state index >= 15 is 0 Å². The molecule has 1 saturated heterocycles. The molecule has 1 aromatic carbocycles. The molecule has 0 atom stereocenters. The van der Waals surface area contributed by atoms with Crippen molar-refractivity contribution in [3.63, 3.8) is 0 Å². The van der Waals surface area contributed by atoms with Crippen LogP contribution in [0, 0.1) is 0 Å². The third-order valence-electron chi connectivity index (χ3n) is 4.07. The molecule has 0 unspecified atom stereocenters. The van der Waals surface area contributed by atoms with Gasteiger partial charge < -0.3 is 4.90 Å². The van der Waals surface area contributed by atoms with Gasteiger partial charge in [0.15, 0.2) is 0 Å². The molecule has 1 aliphatic heterocycles. The molecule has 1 aromatic heterocycles. The van der Waals surface area contributed by atoms with Crippen molar-refractivity contribution in [3.05, 3.63) is 34.9 Å². The third-order valence-corrected chi connectivity index (χ3v) is 7.41. The number of benzene rings is 1. The highest BCUT2D eigenvalue weighted by molar-refractivity contribution is 7.91. The fraction of sp³-hybridized carbons (Fsp3) is 0.400. The Kier molecular flexibility index (Phi) is 5.88. The van der Waals surface area contributed by atoms with Crippen molar-refractivity contribution in [2.75, 3.05) is 38.0 Å². The quantitative estimate of drug-likeness (QED) is 0.748. The van der Waals surface area contributed by atoms with E-state index in [0.29, 0.717) is 36.8 Å². The first-order chi connectivity index (χ1) is 12.4. The van der Waals surface area contributed by atoms with Crippen LogP contribution < -0.4 is 5.32 Å². The van der Waals surface area contributed by atoms with Crippen molar-refractivity contribution < 1.29 is 13.2 Å². The number of rotatable bonds is 5. The van der Waals surface area contributed by atoms with Crippen molar-refractivity contribution in [1.82, 2.24) is 19.4 Å². The summed E-state index contributed by atoms with van der Waals surface area (Å²) in [7, 11) is -3.70. The molecule has 0 bridgehead atoms. The third kappa shape index (κ3) is 4.21. The zero-order valence-corrected chi connectivity index (χ0v) is 16.4. The zero-order valence-electron chi connectivity index (χ0n) is 14.1. The summed E-state index contributed by atoms with van der Waals surface area (Å²) in [6, 6.07) is 6.35. The first kappa shape index (κ1) is 19.2. The van der Waals surface area contributed by atoms with Gasteiger partial charge in [0.1, 0.15) is 0 Å². The molecule has 8 nitrogen and oxygen atoms in total. The predicted octanol–water partition coefficient (Wildman–Crippen LogP) is 1.77. The van der Waals surface area contributed by atoms with Crippen LogP contribution in [0.5, 0.6) is 0 Å². The van der Waals surface area contributed by atoms with Gasteiger partial charge in [0.05, 0.1) is 0 Å². The maximum Gasteiger partial charge on any atom is 0.272 e. The molecule has 1 fully saturated rings. The molecule has 0 saturated carbocycles. The van der Waals surface area contributed by atoms with Crippen LogP contribution in [-0.4, -0.2) is 66.5 Å². The predicted molar refractivity (Wildman–Crippen MR) is 100 cm³/mol. The second-order valence-corrected chi connectivity index (χ2v) is 9.20. The topological polar surface area (TPSA) is 95.5 Å². The number of nitrogens with zero attached hydrogens (tertiary/aromatic N) is 4. The van der Waals surface area contributed by atoms with E-state index < -0.39 is 15.9 Å². The van der Waals surface area contributed by atoms with Crippen molar-refractivity contribution >= 4 is 44.0 Å². The highest BCUT2D eigenvalue weighted by atomic mass is 35.5. The molecule has 2 heterocycles. The molecule has 140 valence electrons. The van der Waals surface area contributed by atoms with Gasteiger partial charge in [-0.15, -0.1) is 10.2 Å². The average molecular weight is 416 g/mol. The van der Waals surface area contributed by atoms with Crippen LogP contribution in [0.3, 0.4) is 0 Å². The SMILES string of the molecule is CCN1CCN(S(=O)(=O)c2nnc(NC(=O)c3ccc(Cl)cc3)s2)CC1. The van der Waals surface area contributed by atoms with Gasteiger partial charge >= 0.3 is 0 Å². The Morgan fingerprint density at radius 2 is 1.85 bits per heavy atom. The number of aromatic nitrogens is 2. The van der Waals surface area contributed by atoms with Gasteiger partial charge in [-0.25, -0.2) is 8.42 Å². The molecule has 0 aliphatic carbocycles. The molecule has 11 heteroatoms. The van der Waals surface area contributed by atoms with Gasteiger partial charge in [0.25, 0.3) is 15.9 Å². The highest BCUT2D eigenvalue weighted by Gasteiger charge is 2.31. The standard InChI is InChI=1S/C15H18ClN5O3S2/c1-2-20-7-9-21(10-8-20)26(23,24)15-19-18-14(25-15)17-13(22)11-3-5-12(16)6-4-11/h3-6H,2,7-10H2,1H3,(H,17,18,22). The lowest BCUT2D eigenvalue weighted by Crippen LogP contribution is -2.48. The van der Waals surface area contributed by atoms with E-state index in [1.807, 2.05) is 6.92 Å². The summed E-state index contributed by atoms with van der Waals surface area (Å²) in [6.07, 6.45) is 0. The summed E-state index contributed by atoms with van der Waals surface area (Å²) >= 11 is 6.64. The van der Waals surface area contributed by atoms with E-state index in [2.05, 4.69) is 20.4 Å². The van der Waals surface area contributed by atoms with Gasteiger partial charge in [0.2, 0.25) is 9.47 Å². The smallest absolute Gasteiger partial charge is 0.272 e. The molecular formula is C15H18ClN5O3S2. The van der Waals surface area contributed by atoms with Gasteiger partial charge in [-0.05, 0) is 30.8 Å². The molecule has 0 spiro atoms. The summed E-state index contributed by atoms with van der Waals surface area (Å²) < 4.78 is 26.6. The molecule has 0 radical (unpaired) electrons. The zero-order chi connectivity index (χ0) is 18.7. The van der Waals surface area contributed by atoms with Crippen molar-refractivity contribution in [2.24, 2.45) is 0 Å². The van der Waals surface area contributed by atoms with E-state index in [0.717, 1.165) is 17.9 Å². The van der Waals surface area contributed by atoms with Crippen LogP contribution in [0.4, 0.5) is 5.13 Å². The van der Waals surface area contributed by atoms with Crippen LogP contribution in [0.15, 0.2) is 28.6 Å². The number of piperazine rings is 1. The minimum absolute atomic E-state index is 0.117. The Morgan fingerprint density at radius 3 is 2.46 bits per heavy atom. The monoisotopic (exact) mass is 415 g/mol. The van der Waals surface area contributed by atoms with Gasteiger partial charge in [0, 0.05) is 36.8 Å². The second kappa shape index (κ2) is 7.97. The van der Waals surface area contributed by atoms with Crippen LogP contribution in [0.1, 0.15) is 17.3 Å². The minimum atomic E-state index is -3.70. The van der Waals surface area contributed by atoms with Gasteiger partial charge in [-0.1, -0.05) is 29.9 Å². The summed E-state index contributed by atoms with van der Waals surface area (Å²) in [5.41, 5.74) is 0.393. The lowest BCUT2D eigenvalue weighted by molar-refractivity contribution is 0.102. The van der Waals surface area contributed by atoms with E-state index in [4.69, 9.17) is 11.6 Å². The molecule has 26 heavy (non-hydrogen) atoms. The van der Waals surface area contributed by atoms with Crippen LogP contribution in [-0.2, 0) is 10.0 Å². The first-order valence-corrected chi connectivity index (χ1v) is 10.7. The van der Waals surface area contributed by atoms with E-state index in [1.54, 1.807) is 24.3 Å². The Hall–Kier alpha value is -1.59. The number of hydrogen-bond donors (Lipinski definition) is 1. The largest absolute Gasteiger partial charge is 0.301 e. The minimum Gasteiger partial charge on any atom is -0.301 e. The second-order valence-electron chi connectivity index (χ2n) is 5.67. The number of amides is 1. The van der Waals surface area contributed by atoms with E-state index in [-0.39, 0.29) is 9.47 Å². The summed E-state index contributed by atoms with van der Waals surface area (Å²) in [5, 5.41) is 10.8. The maximum atomic E-state index is 12.7. The number of likely N-dealkylation sites (N-methyl/N-ethyl adjacent to an activating group) is 1. The fourth-order valence-corrected chi connectivity index (χ4v) is 5.11. The van der Waals surface area contributed by atoms with E-state index in [1.165, 1.54) is 4.31 Å². The Morgan fingerprint density at radius 1 is 1.19 bits per heavy atom. The molecular weight excluding hydrogens is 398 g/mol. The highest BCUT2D eigenvalue weighted by Crippen LogP contribution is 2.24. The molecule has 2 aromatic rings. The number of halogens is 1. The molecule has 1 N–H and O–H groups in total.